The van der Waals surface area contributed by atoms with E-state index < -0.39 is 0 Å². The zero-order valence-electron chi connectivity index (χ0n) is 18.4. The maximum Gasteiger partial charge on any atom is 0.271 e. The van der Waals surface area contributed by atoms with Crippen LogP contribution in [0.3, 0.4) is 0 Å². The van der Waals surface area contributed by atoms with E-state index in [4.69, 9.17) is 15.5 Å². The van der Waals surface area contributed by atoms with Gasteiger partial charge in [-0.2, -0.15) is 0 Å². The fourth-order valence-corrected chi connectivity index (χ4v) is 5.26. The second-order valence-electron chi connectivity index (χ2n) is 8.18. The number of ether oxygens (including phenoxy) is 1. The molecule has 1 aromatic carbocycles. The zero-order valence-corrected chi connectivity index (χ0v) is 19.2. The van der Waals surface area contributed by atoms with E-state index in [1.807, 2.05) is 31.2 Å². The molecule has 1 aliphatic heterocycles. The number of hydrogen-bond acceptors (Lipinski definition) is 8. The molecule has 1 atom stereocenters. The van der Waals surface area contributed by atoms with Crippen LogP contribution in [0.1, 0.15) is 45.4 Å². The lowest BCUT2D eigenvalue weighted by molar-refractivity contribution is 0.0661. The van der Waals surface area contributed by atoms with E-state index in [9.17, 15) is 4.79 Å². The summed E-state index contributed by atoms with van der Waals surface area (Å²) in [5.74, 6) is 0.809. The number of para-hydroxylation sites is 1. The minimum atomic E-state index is -0.376. The highest BCUT2D eigenvalue weighted by Crippen LogP contribution is 2.32. The quantitative estimate of drug-likeness (QED) is 0.397. The number of amides is 1. The van der Waals surface area contributed by atoms with Crippen molar-refractivity contribution in [3.63, 3.8) is 0 Å². The van der Waals surface area contributed by atoms with Crippen molar-refractivity contribution >= 4 is 44.3 Å². The Hall–Kier alpha value is -3.89. The number of nitrogens with two attached hydrogens (primary N) is 1. The average molecular weight is 472 g/mol. The van der Waals surface area contributed by atoms with E-state index in [1.54, 1.807) is 40.8 Å². The summed E-state index contributed by atoms with van der Waals surface area (Å²) in [7, 11) is 0. The molecule has 9 nitrogen and oxygen atoms in total. The number of carbonyl (C=O) groups excluding carboxylic acids is 1. The van der Waals surface area contributed by atoms with E-state index >= 15 is 0 Å². The van der Waals surface area contributed by atoms with Gasteiger partial charge in [0.05, 0.1) is 47.1 Å². The molecule has 10 heteroatoms. The number of benzene rings is 1. The standard InChI is InChI=1S/C24H21N7O2S/c1-13(23-26-7-4-8-27-23)31(10-20-28-16-5-2-3-6-19(16)34-20)24(32)18-9-17-21(29-18)14-11-33-12-15(14)22(25)30-17/h2-9,13,29H,10-12H2,1H3,(H2,25,30)/t13-/m1/s1. The summed E-state index contributed by atoms with van der Waals surface area (Å²) < 4.78 is 6.64. The zero-order chi connectivity index (χ0) is 23.2. The lowest BCUT2D eigenvalue weighted by atomic mass is 10.1. The summed E-state index contributed by atoms with van der Waals surface area (Å²) in [6.45, 7) is 3.11. The van der Waals surface area contributed by atoms with Gasteiger partial charge in [0.2, 0.25) is 0 Å². The van der Waals surface area contributed by atoms with Crippen molar-refractivity contribution in [2.24, 2.45) is 0 Å². The third-order valence-electron chi connectivity index (χ3n) is 6.07. The molecule has 5 aromatic rings. The number of nitrogens with zero attached hydrogens (tertiary/aromatic N) is 5. The lowest BCUT2D eigenvalue weighted by Gasteiger charge is -2.27. The number of fused-ring (bicyclic) bond motifs is 4. The molecule has 0 fully saturated rings. The van der Waals surface area contributed by atoms with Crippen molar-refractivity contribution < 1.29 is 9.53 Å². The fraction of sp³-hybridized carbons (Fsp3) is 0.208. The van der Waals surface area contributed by atoms with Crippen LogP contribution in [0.5, 0.6) is 0 Å². The number of nitrogen functional groups attached to an aromatic ring is 1. The van der Waals surface area contributed by atoms with Gasteiger partial charge >= 0.3 is 0 Å². The predicted molar refractivity (Wildman–Crippen MR) is 129 cm³/mol. The third kappa shape index (κ3) is 3.47. The summed E-state index contributed by atoms with van der Waals surface area (Å²) in [6.07, 6.45) is 3.36. The Kier molecular flexibility index (Phi) is 4.96. The summed E-state index contributed by atoms with van der Waals surface area (Å²) in [6, 6.07) is 11.1. The maximum atomic E-state index is 13.9. The van der Waals surface area contributed by atoms with E-state index in [0.29, 0.717) is 42.6 Å². The molecular weight excluding hydrogens is 450 g/mol. The minimum absolute atomic E-state index is 0.191. The highest BCUT2D eigenvalue weighted by molar-refractivity contribution is 7.18. The number of aromatic amines is 1. The first-order valence-electron chi connectivity index (χ1n) is 10.9. The van der Waals surface area contributed by atoms with Crippen LogP contribution in [0.4, 0.5) is 5.82 Å². The van der Waals surface area contributed by atoms with Crippen LogP contribution in [-0.2, 0) is 24.5 Å². The number of hydrogen-bond donors (Lipinski definition) is 2. The van der Waals surface area contributed by atoms with Crippen LogP contribution in [0.15, 0.2) is 48.8 Å². The number of nitrogens with one attached hydrogen (secondary N) is 1. The monoisotopic (exact) mass is 471 g/mol. The molecule has 170 valence electrons. The molecule has 1 aliphatic rings. The molecule has 34 heavy (non-hydrogen) atoms. The summed E-state index contributed by atoms with van der Waals surface area (Å²) >= 11 is 1.57. The molecule has 0 spiro atoms. The molecule has 3 N–H and O–H groups in total. The van der Waals surface area contributed by atoms with Crippen molar-refractivity contribution in [1.29, 1.82) is 0 Å². The van der Waals surface area contributed by atoms with Crippen LogP contribution in [0.2, 0.25) is 0 Å². The summed E-state index contributed by atoms with van der Waals surface area (Å²) in [5, 5.41) is 0.838. The largest absolute Gasteiger partial charge is 0.383 e. The van der Waals surface area contributed by atoms with E-state index in [2.05, 4.69) is 19.9 Å². The Morgan fingerprint density at radius 2 is 1.94 bits per heavy atom. The van der Waals surface area contributed by atoms with Crippen LogP contribution in [0.25, 0.3) is 21.3 Å². The number of rotatable bonds is 5. The van der Waals surface area contributed by atoms with Crippen LogP contribution >= 0.6 is 11.3 Å². The molecular formula is C24H21N7O2S. The van der Waals surface area contributed by atoms with Crippen LogP contribution in [-0.4, -0.2) is 35.7 Å². The molecule has 0 saturated carbocycles. The highest BCUT2D eigenvalue weighted by Gasteiger charge is 2.29. The second kappa shape index (κ2) is 8.15. The van der Waals surface area contributed by atoms with Crippen LogP contribution in [0, 0.1) is 0 Å². The first-order chi connectivity index (χ1) is 16.6. The molecule has 0 unspecified atom stereocenters. The molecule has 0 saturated heterocycles. The number of thiazole rings is 1. The summed E-state index contributed by atoms with van der Waals surface area (Å²) in [5.41, 5.74) is 10.7. The predicted octanol–water partition coefficient (Wildman–Crippen LogP) is 3.98. The third-order valence-corrected chi connectivity index (χ3v) is 7.09. The average Bonchev–Trinajstić information content (AvgIpc) is 3.59. The Morgan fingerprint density at radius 3 is 2.76 bits per heavy atom. The van der Waals surface area contributed by atoms with Gasteiger partial charge in [-0.25, -0.2) is 19.9 Å². The molecule has 5 heterocycles. The SMILES string of the molecule is C[C@H](c1ncccn1)N(Cc1nc2ccccc2s1)C(=O)c1cc2nc(N)c3c(c2[nH]1)COC3. The van der Waals surface area contributed by atoms with E-state index in [1.165, 1.54) is 0 Å². The normalized spacial score (nSPS) is 13.9. The van der Waals surface area contributed by atoms with Crippen LogP contribution < -0.4 is 5.73 Å². The van der Waals surface area contributed by atoms with Gasteiger partial charge in [0.1, 0.15) is 22.3 Å². The number of carbonyl (C=O) groups is 1. The van der Waals surface area contributed by atoms with Gasteiger partial charge in [-0.1, -0.05) is 12.1 Å². The van der Waals surface area contributed by atoms with Crippen molar-refractivity contribution in [2.75, 3.05) is 5.73 Å². The Bertz CT molecular complexity index is 1500. The Labute approximate surface area is 198 Å². The topological polar surface area (TPSA) is 123 Å². The lowest BCUT2D eigenvalue weighted by Crippen LogP contribution is -2.34. The van der Waals surface area contributed by atoms with Crippen molar-refractivity contribution in [3.05, 3.63) is 76.4 Å². The molecule has 6 rings (SSSR count). The molecule has 4 aromatic heterocycles. The number of aromatic nitrogens is 5. The van der Waals surface area contributed by atoms with E-state index in [0.717, 1.165) is 31.9 Å². The molecule has 0 aliphatic carbocycles. The summed E-state index contributed by atoms with van der Waals surface area (Å²) in [4.78, 5) is 36.9. The minimum Gasteiger partial charge on any atom is -0.383 e. The molecule has 0 radical (unpaired) electrons. The number of H-pyrrole nitrogens is 1. The van der Waals surface area contributed by atoms with Gasteiger partial charge in [0.25, 0.3) is 5.91 Å². The first kappa shape index (κ1) is 20.7. The van der Waals surface area contributed by atoms with Gasteiger partial charge in [0.15, 0.2) is 0 Å². The first-order valence-corrected chi connectivity index (χ1v) is 11.7. The van der Waals surface area contributed by atoms with Crippen molar-refractivity contribution in [3.8, 4) is 0 Å². The van der Waals surface area contributed by atoms with Crippen molar-refractivity contribution in [2.45, 2.75) is 32.7 Å². The molecule has 1 amide bonds. The van der Waals surface area contributed by atoms with Crippen molar-refractivity contribution in [1.82, 2.24) is 29.8 Å². The fourth-order valence-electron chi connectivity index (χ4n) is 4.29. The van der Waals surface area contributed by atoms with Gasteiger partial charge in [-0.3, -0.25) is 4.79 Å². The number of pyridine rings is 1. The maximum absolute atomic E-state index is 13.9. The van der Waals surface area contributed by atoms with Gasteiger partial charge in [-0.15, -0.1) is 11.3 Å². The smallest absolute Gasteiger partial charge is 0.271 e. The highest BCUT2D eigenvalue weighted by atomic mass is 32.1. The Balaban J connectivity index is 1.41. The Morgan fingerprint density at radius 1 is 1.15 bits per heavy atom. The van der Waals surface area contributed by atoms with Gasteiger partial charge in [0, 0.05) is 23.5 Å². The van der Waals surface area contributed by atoms with Gasteiger partial charge < -0.3 is 20.4 Å². The number of anilines is 1. The van der Waals surface area contributed by atoms with E-state index in [-0.39, 0.29) is 11.9 Å². The van der Waals surface area contributed by atoms with Gasteiger partial charge in [-0.05, 0) is 31.2 Å². The molecule has 0 bridgehead atoms. The second-order valence-corrected chi connectivity index (χ2v) is 9.30.